The maximum Gasteiger partial charge on any atom is 0.254 e. The van der Waals surface area contributed by atoms with Crippen LogP contribution in [0.15, 0.2) is 48.5 Å². The van der Waals surface area contributed by atoms with E-state index in [0.717, 1.165) is 5.56 Å². The molecule has 120 valence electrons. The lowest BCUT2D eigenvalue weighted by Gasteiger charge is -2.25. The highest BCUT2D eigenvalue weighted by molar-refractivity contribution is 6.30. The minimum Gasteiger partial charge on any atom is -0.335 e. The summed E-state index contributed by atoms with van der Waals surface area (Å²) in [5.41, 5.74) is 2.25. The molecule has 2 amide bonds. The standard InChI is InChI=1S/C18H19ClN2O2/c1-12(14-4-8-16(19)9-5-14)21(3)18(23)15-6-10-17(11-7-15)20-13(2)22/h4-12H,1-3H3,(H,20,22). The van der Waals surface area contributed by atoms with Crippen molar-refractivity contribution in [2.45, 2.75) is 19.9 Å². The fourth-order valence-corrected chi connectivity index (χ4v) is 2.37. The van der Waals surface area contributed by atoms with Crippen LogP contribution in [0.1, 0.15) is 35.8 Å². The van der Waals surface area contributed by atoms with E-state index in [2.05, 4.69) is 5.32 Å². The third kappa shape index (κ3) is 4.33. The van der Waals surface area contributed by atoms with Crippen LogP contribution in [0.2, 0.25) is 5.02 Å². The fraction of sp³-hybridized carbons (Fsp3) is 0.222. The molecule has 1 N–H and O–H groups in total. The normalized spacial score (nSPS) is 11.7. The third-order valence-corrected chi connectivity index (χ3v) is 3.96. The van der Waals surface area contributed by atoms with E-state index in [1.54, 1.807) is 36.2 Å². The molecule has 0 heterocycles. The van der Waals surface area contributed by atoms with Gasteiger partial charge in [-0.25, -0.2) is 0 Å². The number of carbonyl (C=O) groups excluding carboxylic acids is 2. The van der Waals surface area contributed by atoms with Gasteiger partial charge in [0, 0.05) is 30.2 Å². The summed E-state index contributed by atoms with van der Waals surface area (Å²) in [6.45, 7) is 3.41. The number of anilines is 1. The fourth-order valence-electron chi connectivity index (χ4n) is 2.24. The van der Waals surface area contributed by atoms with Gasteiger partial charge in [-0.1, -0.05) is 23.7 Å². The molecule has 2 rings (SSSR count). The predicted molar refractivity (Wildman–Crippen MR) is 92.7 cm³/mol. The summed E-state index contributed by atoms with van der Waals surface area (Å²) in [6.07, 6.45) is 0. The number of hydrogen-bond donors (Lipinski definition) is 1. The van der Waals surface area contributed by atoms with E-state index in [4.69, 9.17) is 11.6 Å². The van der Waals surface area contributed by atoms with Crippen molar-refractivity contribution in [3.63, 3.8) is 0 Å². The zero-order chi connectivity index (χ0) is 17.0. The zero-order valence-electron chi connectivity index (χ0n) is 13.3. The summed E-state index contributed by atoms with van der Waals surface area (Å²) in [6, 6.07) is 14.2. The number of benzene rings is 2. The molecular weight excluding hydrogens is 312 g/mol. The number of carbonyl (C=O) groups is 2. The Morgan fingerprint density at radius 2 is 1.61 bits per heavy atom. The molecule has 0 spiro atoms. The number of halogens is 1. The van der Waals surface area contributed by atoms with Crippen molar-refractivity contribution in [3.8, 4) is 0 Å². The minimum atomic E-state index is -0.141. The molecule has 0 aliphatic carbocycles. The lowest BCUT2D eigenvalue weighted by atomic mass is 10.1. The topological polar surface area (TPSA) is 49.4 Å². The van der Waals surface area contributed by atoms with Gasteiger partial charge in [0.15, 0.2) is 0 Å². The van der Waals surface area contributed by atoms with Gasteiger partial charge >= 0.3 is 0 Å². The molecule has 0 aliphatic rings. The quantitative estimate of drug-likeness (QED) is 0.916. The van der Waals surface area contributed by atoms with Gasteiger partial charge in [-0.2, -0.15) is 0 Å². The molecule has 0 bridgehead atoms. The molecule has 23 heavy (non-hydrogen) atoms. The molecule has 0 radical (unpaired) electrons. The second-order valence-electron chi connectivity index (χ2n) is 5.40. The summed E-state index contributed by atoms with van der Waals surface area (Å²) < 4.78 is 0. The summed E-state index contributed by atoms with van der Waals surface area (Å²) in [7, 11) is 1.77. The molecule has 1 atom stereocenters. The summed E-state index contributed by atoms with van der Waals surface area (Å²) >= 11 is 5.89. The van der Waals surface area contributed by atoms with Crippen LogP contribution in [0.3, 0.4) is 0 Å². The second-order valence-corrected chi connectivity index (χ2v) is 5.84. The first kappa shape index (κ1) is 17.0. The van der Waals surface area contributed by atoms with E-state index in [1.165, 1.54) is 6.92 Å². The van der Waals surface area contributed by atoms with E-state index in [1.807, 2.05) is 31.2 Å². The van der Waals surface area contributed by atoms with Gasteiger partial charge in [0.25, 0.3) is 5.91 Å². The molecule has 4 nitrogen and oxygen atoms in total. The lowest BCUT2D eigenvalue weighted by Crippen LogP contribution is -2.29. The van der Waals surface area contributed by atoms with Crippen molar-refractivity contribution in [1.29, 1.82) is 0 Å². The SMILES string of the molecule is CC(=O)Nc1ccc(C(=O)N(C)C(C)c2ccc(Cl)cc2)cc1. The number of hydrogen-bond acceptors (Lipinski definition) is 2. The first-order valence-electron chi connectivity index (χ1n) is 7.29. The van der Waals surface area contributed by atoms with Crippen LogP contribution in [0.25, 0.3) is 0 Å². The maximum absolute atomic E-state index is 12.6. The summed E-state index contributed by atoms with van der Waals surface area (Å²) in [4.78, 5) is 25.3. The van der Waals surface area contributed by atoms with Crippen molar-refractivity contribution < 1.29 is 9.59 Å². The van der Waals surface area contributed by atoms with E-state index in [-0.39, 0.29) is 17.9 Å². The van der Waals surface area contributed by atoms with E-state index >= 15 is 0 Å². The van der Waals surface area contributed by atoms with E-state index in [0.29, 0.717) is 16.3 Å². The molecule has 0 saturated heterocycles. The molecule has 2 aromatic carbocycles. The van der Waals surface area contributed by atoms with Crippen molar-refractivity contribution in [3.05, 3.63) is 64.7 Å². The van der Waals surface area contributed by atoms with Crippen LogP contribution in [0, 0.1) is 0 Å². The van der Waals surface area contributed by atoms with Gasteiger partial charge in [-0.15, -0.1) is 0 Å². The number of nitrogens with one attached hydrogen (secondary N) is 1. The lowest BCUT2D eigenvalue weighted by molar-refractivity contribution is -0.114. The highest BCUT2D eigenvalue weighted by Gasteiger charge is 2.18. The van der Waals surface area contributed by atoms with Gasteiger partial charge < -0.3 is 10.2 Å². The molecule has 0 fully saturated rings. The van der Waals surface area contributed by atoms with Crippen molar-refractivity contribution >= 4 is 29.1 Å². The van der Waals surface area contributed by atoms with Crippen LogP contribution in [-0.4, -0.2) is 23.8 Å². The maximum atomic E-state index is 12.6. The second kappa shape index (κ2) is 7.29. The molecule has 0 saturated carbocycles. The Morgan fingerprint density at radius 1 is 1.04 bits per heavy atom. The Kier molecular flexibility index (Phi) is 5.40. The Morgan fingerprint density at radius 3 is 2.13 bits per heavy atom. The molecule has 1 unspecified atom stereocenters. The van der Waals surface area contributed by atoms with E-state index < -0.39 is 0 Å². The highest BCUT2D eigenvalue weighted by atomic mass is 35.5. The van der Waals surface area contributed by atoms with Gasteiger partial charge in [-0.3, -0.25) is 9.59 Å². The first-order chi connectivity index (χ1) is 10.9. The van der Waals surface area contributed by atoms with Gasteiger partial charge in [-0.05, 0) is 48.9 Å². The Labute approximate surface area is 141 Å². The van der Waals surface area contributed by atoms with Crippen LogP contribution in [0.5, 0.6) is 0 Å². The van der Waals surface area contributed by atoms with Crippen LogP contribution in [-0.2, 0) is 4.79 Å². The monoisotopic (exact) mass is 330 g/mol. The highest BCUT2D eigenvalue weighted by Crippen LogP contribution is 2.22. The van der Waals surface area contributed by atoms with Gasteiger partial charge in [0.1, 0.15) is 0 Å². The summed E-state index contributed by atoms with van der Waals surface area (Å²) in [5.74, 6) is -0.223. The molecule has 2 aromatic rings. The van der Waals surface area contributed by atoms with Crippen molar-refractivity contribution in [2.75, 3.05) is 12.4 Å². The molecular formula is C18H19ClN2O2. The van der Waals surface area contributed by atoms with Crippen LogP contribution < -0.4 is 5.32 Å². The average molecular weight is 331 g/mol. The van der Waals surface area contributed by atoms with Gasteiger partial charge in [0.2, 0.25) is 5.91 Å². The smallest absolute Gasteiger partial charge is 0.254 e. The molecule has 0 aromatic heterocycles. The van der Waals surface area contributed by atoms with Crippen LogP contribution >= 0.6 is 11.6 Å². The minimum absolute atomic E-state index is 0.0743. The molecule has 0 aliphatic heterocycles. The van der Waals surface area contributed by atoms with E-state index in [9.17, 15) is 9.59 Å². The largest absolute Gasteiger partial charge is 0.335 e. The Balaban J connectivity index is 2.12. The summed E-state index contributed by atoms with van der Waals surface area (Å²) in [5, 5.41) is 3.35. The predicted octanol–water partition coefficient (Wildman–Crippen LogP) is 4.13. The third-order valence-electron chi connectivity index (χ3n) is 3.71. The molecule has 5 heteroatoms. The van der Waals surface area contributed by atoms with Crippen molar-refractivity contribution in [2.24, 2.45) is 0 Å². The Bertz CT molecular complexity index is 696. The Hall–Kier alpha value is -2.33. The van der Waals surface area contributed by atoms with Crippen molar-refractivity contribution in [1.82, 2.24) is 4.90 Å². The van der Waals surface area contributed by atoms with Gasteiger partial charge in [0.05, 0.1) is 6.04 Å². The number of nitrogens with zero attached hydrogens (tertiary/aromatic N) is 1. The zero-order valence-corrected chi connectivity index (χ0v) is 14.1. The first-order valence-corrected chi connectivity index (χ1v) is 7.66. The average Bonchev–Trinajstić information content (AvgIpc) is 2.53. The number of rotatable bonds is 4. The number of amides is 2. The van der Waals surface area contributed by atoms with Crippen LogP contribution in [0.4, 0.5) is 5.69 Å².